The molecule has 0 bridgehead atoms. The van der Waals surface area contributed by atoms with Gasteiger partial charge in [-0.15, -0.1) is 0 Å². The van der Waals surface area contributed by atoms with Crippen molar-refractivity contribution in [3.63, 3.8) is 0 Å². The van der Waals surface area contributed by atoms with E-state index >= 15 is 0 Å². The van der Waals surface area contributed by atoms with Crippen LogP contribution >= 0.6 is 0 Å². The fourth-order valence-electron chi connectivity index (χ4n) is 2.80. The molecule has 140 valence electrons. The highest BCUT2D eigenvalue weighted by molar-refractivity contribution is 7.89. The van der Waals surface area contributed by atoms with Gasteiger partial charge in [0.15, 0.2) is 0 Å². The summed E-state index contributed by atoms with van der Waals surface area (Å²) in [7, 11) is -3.26. The van der Waals surface area contributed by atoms with Crippen LogP contribution in [0.1, 0.15) is 18.9 Å². The summed E-state index contributed by atoms with van der Waals surface area (Å²) >= 11 is 0. The molecule has 0 aromatic heterocycles. The molecule has 7 nitrogen and oxygen atoms in total. The minimum Gasteiger partial charge on any atom is -0.386 e. The van der Waals surface area contributed by atoms with Gasteiger partial charge in [0.25, 0.3) is 0 Å². The second-order valence-corrected chi connectivity index (χ2v) is 8.36. The molecule has 1 aliphatic heterocycles. The first-order chi connectivity index (χ1) is 11.9. The second-order valence-electron chi connectivity index (χ2n) is 6.27. The van der Waals surface area contributed by atoms with Gasteiger partial charge in [0.05, 0.1) is 18.4 Å². The lowest BCUT2D eigenvalue weighted by molar-refractivity contribution is 0.121. The van der Waals surface area contributed by atoms with Crippen molar-refractivity contribution >= 4 is 15.9 Å². The van der Waals surface area contributed by atoms with E-state index in [-0.39, 0.29) is 17.6 Å². The third-order valence-corrected chi connectivity index (χ3v) is 6.42. The van der Waals surface area contributed by atoms with Crippen molar-refractivity contribution in [2.75, 3.05) is 38.5 Å². The van der Waals surface area contributed by atoms with Crippen molar-refractivity contribution in [3.8, 4) is 0 Å². The second kappa shape index (κ2) is 9.28. The average molecular weight is 369 g/mol. The predicted octanol–water partition coefficient (Wildman–Crippen LogP) is 0.865. The number of sulfonamides is 1. The number of nitrogens with zero attached hydrogens (tertiary/aromatic N) is 2. The lowest BCUT2D eigenvalue weighted by atomic mass is 10.2. The first-order valence-electron chi connectivity index (χ1n) is 8.57. The number of piperazine rings is 1. The van der Waals surface area contributed by atoms with Gasteiger partial charge in [-0.3, -0.25) is 10.3 Å². The van der Waals surface area contributed by atoms with Crippen molar-refractivity contribution < 1.29 is 13.2 Å². The van der Waals surface area contributed by atoms with E-state index in [1.807, 2.05) is 42.2 Å². The van der Waals surface area contributed by atoms with E-state index in [1.54, 1.807) is 0 Å². The third kappa shape index (κ3) is 6.07. The molecule has 1 saturated heterocycles. The van der Waals surface area contributed by atoms with E-state index in [0.29, 0.717) is 45.8 Å². The largest absolute Gasteiger partial charge is 0.386 e. The minimum absolute atomic E-state index is 0.101. The van der Waals surface area contributed by atoms with Gasteiger partial charge in [-0.25, -0.2) is 8.42 Å². The van der Waals surface area contributed by atoms with Crippen LogP contribution in [0.5, 0.6) is 0 Å². The lowest BCUT2D eigenvalue weighted by Gasteiger charge is -2.36. The number of benzene rings is 1. The van der Waals surface area contributed by atoms with Crippen LogP contribution in [-0.4, -0.2) is 68.0 Å². The van der Waals surface area contributed by atoms with Crippen molar-refractivity contribution in [2.45, 2.75) is 26.0 Å². The number of nitrogens with two attached hydrogens (primary N) is 1. The molecule has 0 spiro atoms. The molecular formula is C17H28N4O3S. The molecule has 25 heavy (non-hydrogen) atoms. The molecule has 1 fully saturated rings. The molecule has 0 radical (unpaired) electrons. The summed E-state index contributed by atoms with van der Waals surface area (Å²) in [6.07, 6.45) is 0.485. The number of hydrogen-bond acceptors (Lipinski definition) is 5. The highest BCUT2D eigenvalue weighted by Gasteiger charge is 2.28. The molecule has 0 amide bonds. The maximum atomic E-state index is 12.4. The van der Waals surface area contributed by atoms with E-state index < -0.39 is 10.0 Å². The standard InChI is InChI=1S/C17H28N4O3S/c1-15(17(18)19)20-8-10-21(11-9-20)25(22,23)13-5-12-24-14-16-6-3-2-4-7-16/h2-4,6-7,15H,5,8-14H2,1H3,(H3,18,19). The lowest BCUT2D eigenvalue weighted by Crippen LogP contribution is -2.54. The SMILES string of the molecule is CC(C(=N)N)N1CCN(S(=O)(=O)CCCOCc2ccccc2)CC1. The molecule has 0 aliphatic carbocycles. The Balaban J connectivity index is 1.69. The topological polar surface area (TPSA) is 99.7 Å². The van der Waals surface area contributed by atoms with Gasteiger partial charge in [0.2, 0.25) is 10.0 Å². The molecule has 1 atom stereocenters. The summed E-state index contributed by atoms with van der Waals surface area (Å²) in [6, 6.07) is 9.69. The normalized spacial score (nSPS) is 18.1. The molecule has 1 aromatic rings. The fourth-order valence-corrected chi connectivity index (χ4v) is 4.26. The van der Waals surface area contributed by atoms with Crippen LogP contribution in [-0.2, 0) is 21.4 Å². The molecule has 1 unspecified atom stereocenters. The van der Waals surface area contributed by atoms with Crippen molar-refractivity contribution in [1.82, 2.24) is 9.21 Å². The van der Waals surface area contributed by atoms with Gasteiger partial charge in [0.1, 0.15) is 5.84 Å². The summed E-state index contributed by atoms with van der Waals surface area (Å²) in [5.41, 5.74) is 6.60. The summed E-state index contributed by atoms with van der Waals surface area (Å²) in [5.74, 6) is 0.219. The first-order valence-corrected chi connectivity index (χ1v) is 10.2. The highest BCUT2D eigenvalue weighted by atomic mass is 32.2. The highest BCUT2D eigenvalue weighted by Crippen LogP contribution is 2.12. The van der Waals surface area contributed by atoms with E-state index in [2.05, 4.69) is 0 Å². The van der Waals surface area contributed by atoms with Gasteiger partial charge in [-0.2, -0.15) is 4.31 Å². The van der Waals surface area contributed by atoms with Crippen LogP contribution in [0.3, 0.4) is 0 Å². The van der Waals surface area contributed by atoms with Gasteiger partial charge >= 0.3 is 0 Å². The van der Waals surface area contributed by atoms with Gasteiger partial charge in [-0.1, -0.05) is 30.3 Å². The quantitative estimate of drug-likeness (QED) is 0.383. The first kappa shape index (κ1) is 19.8. The molecule has 1 heterocycles. The van der Waals surface area contributed by atoms with E-state index in [9.17, 15) is 8.42 Å². The zero-order valence-electron chi connectivity index (χ0n) is 14.7. The van der Waals surface area contributed by atoms with E-state index in [4.69, 9.17) is 15.9 Å². The smallest absolute Gasteiger partial charge is 0.214 e. The molecule has 2 rings (SSSR count). The van der Waals surface area contributed by atoms with Gasteiger partial charge < -0.3 is 10.5 Å². The molecule has 8 heteroatoms. The number of ether oxygens (including phenoxy) is 1. The number of nitrogens with one attached hydrogen (secondary N) is 1. The molecule has 1 aromatic carbocycles. The Morgan fingerprint density at radius 3 is 2.48 bits per heavy atom. The summed E-state index contributed by atoms with van der Waals surface area (Å²) in [6.45, 7) is 4.90. The van der Waals surface area contributed by atoms with Crippen LogP contribution in [0.25, 0.3) is 0 Å². The summed E-state index contributed by atoms with van der Waals surface area (Å²) in [5, 5.41) is 7.49. The zero-order chi connectivity index (χ0) is 18.3. The molecule has 3 N–H and O–H groups in total. The third-order valence-electron chi connectivity index (χ3n) is 4.47. The fraction of sp³-hybridized carbons (Fsp3) is 0.588. The summed E-state index contributed by atoms with van der Waals surface area (Å²) < 4.78 is 31.9. The van der Waals surface area contributed by atoms with Crippen LogP contribution in [0, 0.1) is 5.41 Å². The Kier molecular flexibility index (Phi) is 7.37. The number of amidine groups is 1. The zero-order valence-corrected chi connectivity index (χ0v) is 15.5. The number of hydrogen-bond donors (Lipinski definition) is 2. The maximum absolute atomic E-state index is 12.4. The Morgan fingerprint density at radius 1 is 1.24 bits per heavy atom. The Hall–Kier alpha value is -1.48. The summed E-state index contributed by atoms with van der Waals surface area (Å²) in [4.78, 5) is 2.04. The van der Waals surface area contributed by atoms with Crippen LogP contribution in [0.15, 0.2) is 30.3 Å². The molecule has 0 saturated carbocycles. The number of rotatable bonds is 9. The Labute approximate surface area is 150 Å². The predicted molar refractivity (Wildman–Crippen MR) is 99.0 cm³/mol. The maximum Gasteiger partial charge on any atom is 0.214 e. The van der Waals surface area contributed by atoms with Crippen LogP contribution in [0.2, 0.25) is 0 Å². The van der Waals surface area contributed by atoms with Gasteiger partial charge in [-0.05, 0) is 18.9 Å². The van der Waals surface area contributed by atoms with Crippen molar-refractivity contribution in [1.29, 1.82) is 5.41 Å². The Bertz CT molecular complexity index is 643. The van der Waals surface area contributed by atoms with Gasteiger partial charge in [0, 0.05) is 32.8 Å². The molecule has 1 aliphatic rings. The van der Waals surface area contributed by atoms with Crippen molar-refractivity contribution in [3.05, 3.63) is 35.9 Å². The minimum atomic E-state index is -3.26. The van der Waals surface area contributed by atoms with E-state index in [0.717, 1.165) is 5.56 Å². The van der Waals surface area contributed by atoms with E-state index in [1.165, 1.54) is 4.31 Å². The average Bonchev–Trinajstić information content (AvgIpc) is 2.61. The monoisotopic (exact) mass is 368 g/mol. The Morgan fingerprint density at radius 2 is 1.88 bits per heavy atom. The van der Waals surface area contributed by atoms with Crippen LogP contribution in [0.4, 0.5) is 0 Å². The van der Waals surface area contributed by atoms with Crippen LogP contribution < -0.4 is 5.73 Å². The molecular weight excluding hydrogens is 340 g/mol. The van der Waals surface area contributed by atoms with Crippen molar-refractivity contribution in [2.24, 2.45) is 5.73 Å².